The highest BCUT2D eigenvalue weighted by atomic mass is 79.9. The summed E-state index contributed by atoms with van der Waals surface area (Å²) in [5.74, 6) is -1.32. The van der Waals surface area contributed by atoms with E-state index in [1.165, 1.54) is 5.56 Å². The second-order valence-electron chi connectivity index (χ2n) is 5.71. The van der Waals surface area contributed by atoms with Gasteiger partial charge in [0.25, 0.3) is 0 Å². The molecule has 0 aliphatic carbocycles. The van der Waals surface area contributed by atoms with Gasteiger partial charge >= 0.3 is 11.8 Å². The van der Waals surface area contributed by atoms with E-state index in [0.717, 1.165) is 22.0 Å². The van der Waals surface area contributed by atoms with Gasteiger partial charge in [-0.2, -0.15) is 0 Å². The van der Waals surface area contributed by atoms with Gasteiger partial charge in [0.05, 0.1) is 6.04 Å². The second-order valence-corrected chi connectivity index (χ2v) is 6.56. The van der Waals surface area contributed by atoms with Crippen LogP contribution >= 0.6 is 15.9 Å². The molecule has 2 N–H and O–H groups in total. The van der Waals surface area contributed by atoms with Gasteiger partial charge in [-0.25, -0.2) is 0 Å². The number of aryl methyl sites for hydroxylation is 2. The molecule has 126 valence electrons. The SMILES string of the molecule is CCc1ccc(C(C)NC(=O)C(=O)Nc2ccc(Br)c(C)c2)cc1. The summed E-state index contributed by atoms with van der Waals surface area (Å²) in [6.45, 7) is 5.87. The van der Waals surface area contributed by atoms with Crippen molar-refractivity contribution in [3.05, 3.63) is 63.6 Å². The molecule has 0 heterocycles. The minimum atomic E-state index is -0.672. The summed E-state index contributed by atoms with van der Waals surface area (Å²) in [5, 5.41) is 5.33. The lowest BCUT2D eigenvalue weighted by Crippen LogP contribution is -2.36. The Labute approximate surface area is 150 Å². The average Bonchev–Trinajstić information content (AvgIpc) is 2.58. The van der Waals surface area contributed by atoms with Gasteiger partial charge in [-0.3, -0.25) is 9.59 Å². The van der Waals surface area contributed by atoms with Crippen LogP contribution in [0.2, 0.25) is 0 Å². The van der Waals surface area contributed by atoms with Crippen molar-refractivity contribution < 1.29 is 9.59 Å². The van der Waals surface area contributed by atoms with E-state index in [1.807, 2.05) is 50.2 Å². The topological polar surface area (TPSA) is 58.2 Å². The van der Waals surface area contributed by atoms with Gasteiger partial charge in [-0.05, 0) is 55.2 Å². The molecule has 1 unspecified atom stereocenters. The number of hydrogen-bond acceptors (Lipinski definition) is 2. The highest BCUT2D eigenvalue weighted by Crippen LogP contribution is 2.20. The molecule has 0 saturated heterocycles. The first kappa shape index (κ1) is 18.2. The van der Waals surface area contributed by atoms with Gasteiger partial charge in [0.2, 0.25) is 0 Å². The van der Waals surface area contributed by atoms with Crippen LogP contribution in [0.3, 0.4) is 0 Å². The van der Waals surface area contributed by atoms with E-state index in [2.05, 4.69) is 33.5 Å². The Bertz CT molecular complexity index is 742. The summed E-state index contributed by atoms with van der Waals surface area (Å²) in [6, 6.07) is 13.2. The summed E-state index contributed by atoms with van der Waals surface area (Å²) in [6.07, 6.45) is 0.968. The highest BCUT2D eigenvalue weighted by molar-refractivity contribution is 9.10. The monoisotopic (exact) mass is 388 g/mol. The maximum Gasteiger partial charge on any atom is 0.313 e. The lowest BCUT2D eigenvalue weighted by Gasteiger charge is -2.15. The largest absolute Gasteiger partial charge is 0.341 e. The summed E-state index contributed by atoms with van der Waals surface area (Å²) < 4.78 is 0.953. The van der Waals surface area contributed by atoms with Gasteiger partial charge in [0, 0.05) is 10.2 Å². The van der Waals surface area contributed by atoms with Crippen molar-refractivity contribution in [2.45, 2.75) is 33.2 Å². The van der Waals surface area contributed by atoms with Crippen LogP contribution in [0, 0.1) is 6.92 Å². The Kier molecular flexibility index (Phi) is 6.15. The standard InChI is InChI=1S/C19H21BrN2O2/c1-4-14-5-7-15(8-6-14)13(3)21-18(23)19(24)22-16-9-10-17(20)12(2)11-16/h5-11,13H,4H2,1-3H3,(H,21,23)(H,22,24). The van der Waals surface area contributed by atoms with Crippen LogP contribution in [-0.2, 0) is 16.0 Å². The minimum absolute atomic E-state index is 0.235. The number of anilines is 1. The Hall–Kier alpha value is -2.14. The second kappa shape index (κ2) is 8.11. The average molecular weight is 389 g/mol. The summed E-state index contributed by atoms with van der Waals surface area (Å²) in [5.41, 5.74) is 3.78. The Morgan fingerprint density at radius 2 is 1.75 bits per heavy atom. The number of amides is 2. The zero-order valence-electron chi connectivity index (χ0n) is 14.0. The van der Waals surface area contributed by atoms with Gasteiger partial charge < -0.3 is 10.6 Å². The van der Waals surface area contributed by atoms with E-state index >= 15 is 0 Å². The van der Waals surface area contributed by atoms with Gasteiger partial charge in [0.1, 0.15) is 0 Å². The molecule has 24 heavy (non-hydrogen) atoms. The van der Waals surface area contributed by atoms with Gasteiger partial charge in [0.15, 0.2) is 0 Å². The Balaban J connectivity index is 1.97. The molecule has 2 aromatic carbocycles. The normalized spacial score (nSPS) is 11.7. The lowest BCUT2D eigenvalue weighted by atomic mass is 10.1. The molecule has 0 saturated carbocycles. The third-order valence-corrected chi connectivity index (χ3v) is 4.75. The molecule has 2 amide bonds. The first-order valence-electron chi connectivity index (χ1n) is 7.87. The fraction of sp³-hybridized carbons (Fsp3) is 0.263. The van der Waals surface area contributed by atoms with E-state index < -0.39 is 11.8 Å². The van der Waals surface area contributed by atoms with Gasteiger partial charge in [-0.15, -0.1) is 0 Å². The fourth-order valence-electron chi connectivity index (χ4n) is 2.30. The molecule has 5 heteroatoms. The van der Waals surface area contributed by atoms with Crippen LogP contribution in [0.5, 0.6) is 0 Å². The van der Waals surface area contributed by atoms with Gasteiger partial charge in [-0.1, -0.05) is 47.1 Å². The maximum absolute atomic E-state index is 12.1. The van der Waals surface area contributed by atoms with Crippen molar-refractivity contribution in [3.63, 3.8) is 0 Å². The van der Waals surface area contributed by atoms with E-state index in [1.54, 1.807) is 6.07 Å². The Morgan fingerprint density at radius 1 is 1.08 bits per heavy atom. The molecule has 0 aromatic heterocycles. The smallest absolute Gasteiger partial charge is 0.313 e. The molecular formula is C19H21BrN2O2. The third-order valence-electron chi connectivity index (χ3n) is 3.86. The number of halogens is 1. The number of hydrogen-bond donors (Lipinski definition) is 2. The number of carbonyl (C=O) groups is 2. The molecule has 0 spiro atoms. The van der Waals surface area contributed by atoms with Crippen molar-refractivity contribution >= 4 is 33.4 Å². The zero-order valence-corrected chi connectivity index (χ0v) is 15.6. The highest BCUT2D eigenvalue weighted by Gasteiger charge is 2.17. The molecule has 0 fully saturated rings. The minimum Gasteiger partial charge on any atom is -0.341 e. The summed E-state index contributed by atoms with van der Waals surface area (Å²) in [4.78, 5) is 24.1. The van der Waals surface area contributed by atoms with Crippen LogP contribution < -0.4 is 10.6 Å². The number of rotatable bonds is 4. The predicted octanol–water partition coefficient (Wildman–Crippen LogP) is 4.14. The first-order chi connectivity index (χ1) is 11.4. The molecule has 0 aliphatic heterocycles. The van der Waals surface area contributed by atoms with E-state index in [4.69, 9.17) is 0 Å². The molecule has 2 rings (SSSR count). The van der Waals surface area contributed by atoms with Crippen LogP contribution in [0.1, 0.15) is 36.6 Å². The number of carbonyl (C=O) groups excluding carboxylic acids is 2. The Morgan fingerprint density at radius 3 is 2.33 bits per heavy atom. The first-order valence-corrected chi connectivity index (χ1v) is 8.66. The van der Waals surface area contributed by atoms with Crippen molar-refractivity contribution in [2.75, 3.05) is 5.32 Å². The molecule has 0 aliphatic rings. The molecule has 2 aromatic rings. The van der Waals surface area contributed by atoms with Crippen LogP contribution in [0.25, 0.3) is 0 Å². The number of benzene rings is 2. The lowest BCUT2D eigenvalue weighted by molar-refractivity contribution is -0.136. The van der Waals surface area contributed by atoms with Crippen molar-refractivity contribution in [1.29, 1.82) is 0 Å². The van der Waals surface area contributed by atoms with Crippen LogP contribution in [-0.4, -0.2) is 11.8 Å². The molecular weight excluding hydrogens is 368 g/mol. The molecule has 1 atom stereocenters. The van der Waals surface area contributed by atoms with Crippen LogP contribution in [0.4, 0.5) is 5.69 Å². The third kappa shape index (κ3) is 4.68. The zero-order chi connectivity index (χ0) is 17.7. The van der Waals surface area contributed by atoms with E-state index in [9.17, 15) is 9.59 Å². The quantitative estimate of drug-likeness (QED) is 0.773. The van der Waals surface area contributed by atoms with Crippen molar-refractivity contribution in [2.24, 2.45) is 0 Å². The molecule has 0 bridgehead atoms. The van der Waals surface area contributed by atoms with Crippen LogP contribution in [0.15, 0.2) is 46.9 Å². The molecule has 4 nitrogen and oxygen atoms in total. The summed E-state index contributed by atoms with van der Waals surface area (Å²) in [7, 11) is 0. The summed E-state index contributed by atoms with van der Waals surface area (Å²) >= 11 is 3.40. The number of nitrogens with one attached hydrogen (secondary N) is 2. The van der Waals surface area contributed by atoms with E-state index in [-0.39, 0.29) is 6.04 Å². The van der Waals surface area contributed by atoms with E-state index in [0.29, 0.717) is 5.69 Å². The fourth-order valence-corrected chi connectivity index (χ4v) is 2.54. The molecule has 0 radical (unpaired) electrons. The maximum atomic E-state index is 12.1. The van der Waals surface area contributed by atoms with Crippen molar-refractivity contribution in [3.8, 4) is 0 Å². The predicted molar refractivity (Wildman–Crippen MR) is 99.9 cm³/mol. The van der Waals surface area contributed by atoms with Crippen molar-refractivity contribution in [1.82, 2.24) is 5.32 Å².